The summed E-state index contributed by atoms with van der Waals surface area (Å²) in [5, 5.41) is 12.8. The van der Waals surface area contributed by atoms with Gasteiger partial charge in [0.1, 0.15) is 17.6 Å². The molecule has 0 amide bonds. The third-order valence-electron chi connectivity index (χ3n) is 4.16. The maximum Gasteiger partial charge on any atom is 0.416 e. The number of benzene rings is 2. The molecule has 2 N–H and O–H groups in total. The highest BCUT2D eigenvalue weighted by atomic mass is 35.5. The monoisotopic (exact) mass is 454 g/mol. The van der Waals surface area contributed by atoms with Crippen LogP contribution in [0.15, 0.2) is 36.4 Å². The van der Waals surface area contributed by atoms with Gasteiger partial charge in [-0.05, 0) is 29.8 Å². The highest BCUT2D eigenvalue weighted by Gasteiger charge is 2.33. The zero-order chi connectivity index (χ0) is 22.2. The summed E-state index contributed by atoms with van der Waals surface area (Å²) in [4.78, 5) is 11.8. The van der Waals surface area contributed by atoms with Crippen molar-refractivity contribution >= 4 is 35.0 Å². The van der Waals surface area contributed by atoms with Gasteiger partial charge < -0.3 is 10.5 Å². The Morgan fingerprint density at radius 1 is 1.23 bits per heavy atom. The highest BCUT2D eigenvalue weighted by molar-refractivity contribution is 6.38. The summed E-state index contributed by atoms with van der Waals surface area (Å²) in [6.45, 7) is 0. The van der Waals surface area contributed by atoms with E-state index in [2.05, 4.69) is 9.84 Å². The first kappa shape index (κ1) is 21.5. The van der Waals surface area contributed by atoms with E-state index in [0.29, 0.717) is 17.7 Å². The smallest absolute Gasteiger partial charge is 0.416 e. The summed E-state index contributed by atoms with van der Waals surface area (Å²) in [6, 6.07) is 9.33. The summed E-state index contributed by atoms with van der Waals surface area (Å²) in [5.41, 5.74) is 5.60. The molecule has 0 unspecified atom stereocenters. The van der Waals surface area contributed by atoms with E-state index in [9.17, 15) is 23.2 Å². The molecule has 154 valence electrons. The molecule has 30 heavy (non-hydrogen) atoms. The zero-order valence-corrected chi connectivity index (χ0v) is 16.6. The maximum absolute atomic E-state index is 13.0. The molecular formula is C19H11Cl2F3N4O2. The van der Waals surface area contributed by atoms with Crippen molar-refractivity contribution in [2.45, 2.75) is 6.18 Å². The Bertz CT molecular complexity index is 1180. The van der Waals surface area contributed by atoms with Gasteiger partial charge in [-0.2, -0.15) is 23.5 Å². The van der Waals surface area contributed by atoms with Crippen LogP contribution >= 0.6 is 23.2 Å². The fraction of sp³-hybridized carbons (Fsp3) is 0.105. The second kappa shape index (κ2) is 7.89. The van der Waals surface area contributed by atoms with Crippen LogP contribution in [-0.4, -0.2) is 22.9 Å². The second-order valence-corrected chi connectivity index (χ2v) is 6.81. The number of halogens is 5. The minimum absolute atomic E-state index is 0.0999. The number of aromatic nitrogens is 2. The molecule has 2 aromatic carbocycles. The van der Waals surface area contributed by atoms with Crippen LogP contribution in [-0.2, 0) is 10.9 Å². The third kappa shape index (κ3) is 3.79. The van der Waals surface area contributed by atoms with Crippen LogP contribution in [0.25, 0.3) is 16.8 Å². The molecule has 6 nitrogen and oxygen atoms in total. The second-order valence-electron chi connectivity index (χ2n) is 5.99. The Labute approximate surface area is 178 Å². The van der Waals surface area contributed by atoms with Gasteiger partial charge in [-0.3, -0.25) is 0 Å². The molecule has 3 aromatic rings. The summed E-state index contributed by atoms with van der Waals surface area (Å²) < 4.78 is 44.6. The predicted molar refractivity (Wildman–Crippen MR) is 104 cm³/mol. The van der Waals surface area contributed by atoms with Crippen LogP contribution in [0.2, 0.25) is 10.0 Å². The molecule has 0 atom stereocenters. The SMILES string of the molecule is COC(=O)c1cccc(-c2c(C#N)nn(-c3c(Cl)cc(C(F)(F)F)cc3Cl)c2N)c1. The number of hydrogen-bond donors (Lipinski definition) is 1. The molecule has 11 heteroatoms. The molecule has 0 radical (unpaired) electrons. The number of nitriles is 1. The number of hydrogen-bond acceptors (Lipinski definition) is 5. The number of nitrogens with two attached hydrogens (primary N) is 1. The molecule has 0 saturated carbocycles. The lowest BCUT2D eigenvalue weighted by molar-refractivity contribution is -0.137. The largest absolute Gasteiger partial charge is 0.465 e. The van der Waals surface area contributed by atoms with Crippen LogP contribution < -0.4 is 5.73 Å². The molecule has 1 heterocycles. The number of carbonyl (C=O) groups is 1. The van der Waals surface area contributed by atoms with Gasteiger partial charge in [0.05, 0.1) is 33.8 Å². The van der Waals surface area contributed by atoms with Gasteiger partial charge in [0.2, 0.25) is 0 Å². The number of rotatable bonds is 3. The highest BCUT2D eigenvalue weighted by Crippen LogP contribution is 2.40. The first-order valence-corrected chi connectivity index (χ1v) is 8.88. The minimum atomic E-state index is -4.65. The predicted octanol–water partition coefficient (Wildman–Crippen LogP) is 5.11. The van der Waals surface area contributed by atoms with Crippen LogP contribution in [0, 0.1) is 11.3 Å². The lowest BCUT2D eigenvalue weighted by atomic mass is 10.0. The van der Waals surface area contributed by atoms with E-state index < -0.39 is 17.7 Å². The molecular weight excluding hydrogens is 444 g/mol. The van der Waals surface area contributed by atoms with Gasteiger partial charge in [-0.15, -0.1) is 0 Å². The number of alkyl halides is 3. The Balaban J connectivity index is 2.22. The molecule has 1 aromatic heterocycles. The van der Waals surface area contributed by atoms with Crippen molar-refractivity contribution < 1.29 is 22.7 Å². The number of esters is 1. The Kier molecular flexibility index (Phi) is 5.65. The molecule has 0 aliphatic carbocycles. The number of methoxy groups -OCH3 is 1. The normalized spacial score (nSPS) is 11.2. The number of nitrogens with zero attached hydrogens (tertiary/aromatic N) is 3. The van der Waals surface area contributed by atoms with E-state index in [1.807, 2.05) is 6.07 Å². The van der Waals surface area contributed by atoms with E-state index in [4.69, 9.17) is 28.9 Å². The van der Waals surface area contributed by atoms with E-state index in [0.717, 1.165) is 4.68 Å². The lowest BCUT2D eigenvalue weighted by Gasteiger charge is -2.13. The molecule has 0 fully saturated rings. The number of anilines is 1. The maximum atomic E-state index is 13.0. The quantitative estimate of drug-likeness (QED) is 0.555. The van der Waals surface area contributed by atoms with Crippen LogP contribution in [0.3, 0.4) is 0 Å². The first-order valence-electron chi connectivity index (χ1n) is 8.12. The zero-order valence-electron chi connectivity index (χ0n) is 15.1. The molecule has 0 aliphatic heterocycles. The first-order chi connectivity index (χ1) is 14.1. The number of carbonyl (C=O) groups excluding carboxylic acids is 1. The van der Waals surface area contributed by atoms with Crippen molar-refractivity contribution in [3.8, 4) is 22.9 Å². The van der Waals surface area contributed by atoms with Crippen molar-refractivity contribution in [3.63, 3.8) is 0 Å². The van der Waals surface area contributed by atoms with Crippen LogP contribution in [0.1, 0.15) is 21.6 Å². The summed E-state index contributed by atoms with van der Waals surface area (Å²) in [6.07, 6.45) is -4.65. The third-order valence-corrected chi connectivity index (χ3v) is 4.73. The minimum Gasteiger partial charge on any atom is -0.465 e. The molecule has 0 aliphatic rings. The average molecular weight is 455 g/mol. The van der Waals surface area contributed by atoms with Crippen molar-refractivity contribution in [3.05, 3.63) is 63.3 Å². The van der Waals surface area contributed by atoms with E-state index in [1.165, 1.54) is 19.2 Å². The number of nitrogen functional groups attached to an aromatic ring is 1. The Hall–Kier alpha value is -3.22. The molecule has 0 spiro atoms. The topological polar surface area (TPSA) is 93.9 Å². The molecule has 0 saturated heterocycles. The fourth-order valence-corrected chi connectivity index (χ4v) is 3.46. The van der Waals surface area contributed by atoms with Crippen molar-refractivity contribution in [2.75, 3.05) is 12.8 Å². The van der Waals surface area contributed by atoms with E-state index in [-0.39, 0.29) is 38.4 Å². The Morgan fingerprint density at radius 3 is 2.40 bits per heavy atom. The van der Waals surface area contributed by atoms with Gasteiger partial charge in [0.25, 0.3) is 0 Å². The van der Waals surface area contributed by atoms with Crippen LogP contribution in [0.5, 0.6) is 0 Å². The van der Waals surface area contributed by atoms with Gasteiger partial charge in [-0.1, -0.05) is 35.3 Å². The van der Waals surface area contributed by atoms with E-state index >= 15 is 0 Å². The average Bonchev–Trinajstić information content (AvgIpc) is 3.02. The van der Waals surface area contributed by atoms with Crippen molar-refractivity contribution in [1.82, 2.24) is 9.78 Å². The van der Waals surface area contributed by atoms with E-state index in [1.54, 1.807) is 12.1 Å². The fourth-order valence-electron chi connectivity index (χ4n) is 2.82. The molecule has 0 bridgehead atoms. The lowest BCUT2D eigenvalue weighted by Crippen LogP contribution is -2.08. The van der Waals surface area contributed by atoms with Gasteiger partial charge in [0, 0.05) is 0 Å². The summed E-state index contributed by atoms with van der Waals surface area (Å²) in [5.74, 6) is -0.702. The van der Waals surface area contributed by atoms with Gasteiger partial charge >= 0.3 is 12.1 Å². The van der Waals surface area contributed by atoms with Gasteiger partial charge in [0.15, 0.2) is 5.69 Å². The number of ether oxygens (including phenoxy) is 1. The van der Waals surface area contributed by atoms with Crippen LogP contribution in [0.4, 0.5) is 19.0 Å². The Morgan fingerprint density at radius 2 is 1.87 bits per heavy atom. The van der Waals surface area contributed by atoms with Crippen molar-refractivity contribution in [2.24, 2.45) is 0 Å². The summed E-state index contributed by atoms with van der Waals surface area (Å²) in [7, 11) is 1.22. The van der Waals surface area contributed by atoms with Gasteiger partial charge in [-0.25, -0.2) is 9.48 Å². The summed E-state index contributed by atoms with van der Waals surface area (Å²) >= 11 is 12.1. The molecule has 3 rings (SSSR count). The van der Waals surface area contributed by atoms with Crippen molar-refractivity contribution in [1.29, 1.82) is 5.26 Å². The standard InChI is InChI=1S/C19H11Cl2F3N4O2/c1-30-18(29)10-4-2-3-9(5-10)15-14(8-25)27-28(17(15)26)16-12(20)6-11(7-13(16)21)19(22,23)24/h2-7H,26H2,1H3.